The van der Waals surface area contributed by atoms with E-state index in [1.54, 1.807) is 0 Å². The van der Waals surface area contributed by atoms with Crippen molar-refractivity contribution in [3.8, 4) is 0 Å². The van der Waals surface area contributed by atoms with Gasteiger partial charge in [-0.3, -0.25) is 4.79 Å². The first-order chi connectivity index (χ1) is 8.77. The van der Waals surface area contributed by atoms with Crippen LogP contribution in [0, 0.1) is 0 Å². The maximum atomic E-state index is 11.8. The average molecular weight is 327 g/mol. The molecule has 0 spiro atoms. The molecule has 1 aromatic carbocycles. The fourth-order valence-electron chi connectivity index (χ4n) is 1.27. The lowest BCUT2D eigenvalue weighted by molar-refractivity contribution is 0.0937. The first-order valence-corrected chi connectivity index (χ1v) is 7.36. The zero-order chi connectivity index (χ0) is 14.6. The normalized spacial score (nSPS) is 11.4. The van der Waals surface area contributed by atoms with Crippen molar-refractivity contribution in [2.75, 3.05) is 20.3 Å². The summed E-state index contributed by atoms with van der Waals surface area (Å²) in [7, 11) is -2.57. The number of ether oxygens (including phenoxy) is 1. The number of hydrogen-bond acceptors (Lipinski definition) is 4. The molecule has 0 aromatic heterocycles. The maximum absolute atomic E-state index is 11.8. The minimum Gasteiger partial charge on any atom is -0.383 e. The number of nitrogens with two attached hydrogens (primary N) is 1. The van der Waals surface area contributed by atoms with Gasteiger partial charge in [-0.1, -0.05) is 23.2 Å². The zero-order valence-corrected chi connectivity index (χ0v) is 12.3. The molecule has 0 bridgehead atoms. The Labute approximate surface area is 120 Å². The van der Waals surface area contributed by atoms with E-state index in [9.17, 15) is 13.2 Å². The van der Waals surface area contributed by atoms with E-state index in [1.165, 1.54) is 13.2 Å². The van der Waals surface area contributed by atoms with Gasteiger partial charge in [-0.25, -0.2) is 13.6 Å². The monoisotopic (exact) mass is 326 g/mol. The molecule has 0 aliphatic carbocycles. The highest BCUT2D eigenvalue weighted by Gasteiger charge is 2.19. The molecule has 0 aliphatic rings. The van der Waals surface area contributed by atoms with Gasteiger partial charge in [0.2, 0.25) is 10.0 Å². The number of amides is 1. The summed E-state index contributed by atoms with van der Waals surface area (Å²) in [6.45, 7) is 0.607. The Bertz CT molecular complexity index is 589. The van der Waals surface area contributed by atoms with Gasteiger partial charge in [0.25, 0.3) is 5.91 Å². The third kappa shape index (κ3) is 4.32. The second-order valence-electron chi connectivity index (χ2n) is 3.56. The van der Waals surface area contributed by atoms with Crippen molar-refractivity contribution in [1.29, 1.82) is 0 Å². The van der Waals surface area contributed by atoms with Crippen LogP contribution in [0.1, 0.15) is 10.4 Å². The summed E-state index contributed by atoms with van der Waals surface area (Å²) in [6.07, 6.45) is 0. The van der Waals surface area contributed by atoms with Crippen LogP contribution in [0.5, 0.6) is 0 Å². The van der Waals surface area contributed by atoms with Gasteiger partial charge in [0.05, 0.1) is 16.7 Å². The summed E-state index contributed by atoms with van der Waals surface area (Å²) in [5.74, 6) is -0.500. The lowest BCUT2D eigenvalue weighted by Crippen LogP contribution is -2.27. The van der Waals surface area contributed by atoms with Crippen LogP contribution in [0.2, 0.25) is 10.0 Å². The van der Waals surface area contributed by atoms with Gasteiger partial charge in [-0.15, -0.1) is 0 Å². The van der Waals surface area contributed by atoms with Gasteiger partial charge in [0, 0.05) is 19.2 Å². The van der Waals surface area contributed by atoms with Crippen LogP contribution in [-0.4, -0.2) is 34.6 Å². The number of sulfonamides is 1. The molecule has 0 saturated heterocycles. The van der Waals surface area contributed by atoms with E-state index >= 15 is 0 Å². The van der Waals surface area contributed by atoms with Crippen molar-refractivity contribution >= 4 is 39.1 Å². The van der Waals surface area contributed by atoms with Crippen LogP contribution in [-0.2, 0) is 14.8 Å². The first-order valence-electron chi connectivity index (χ1n) is 5.06. The fourth-order valence-corrected chi connectivity index (χ4v) is 2.63. The van der Waals surface area contributed by atoms with Crippen LogP contribution in [0.25, 0.3) is 0 Å². The number of hydrogen-bond donors (Lipinski definition) is 2. The molecular formula is C10H12Cl2N2O4S. The van der Waals surface area contributed by atoms with E-state index in [1.807, 2.05) is 0 Å². The van der Waals surface area contributed by atoms with E-state index in [2.05, 4.69) is 5.32 Å². The number of carbonyl (C=O) groups is 1. The molecule has 0 heterocycles. The summed E-state index contributed by atoms with van der Waals surface area (Å²) >= 11 is 11.5. The van der Waals surface area contributed by atoms with Gasteiger partial charge >= 0.3 is 0 Å². The number of methoxy groups -OCH3 is 1. The first kappa shape index (κ1) is 16.2. The minimum absolute atomic E-state index is 0.0505. The van der Waals surface area contributed by atoms with E-state index in [-0.39, 0.29) is 22.2 Å². The predicted molar refractivity (Wildman–Crippen MR) is 72.0 cm³/mol. The number of benzene rings is 1. The average Bonchev–Trinajstić information content (AvgIpc) is 2.31. The number of rotatable bonds is 5. The second kappa shape index (κ2) is 6.53. The van der Waals surface area contributed by atoms with Crippen LogP contribution in [0.15, 0.2) is 17.0 Å². The number of carbonyl (C=O) groups excluding carboxylic acids is 1. The van der Waals surface area contributed by atoms with Crippen molar-refractivity contribution < 1.29 is 17.9 Å². The van der Waals surface area contributed by atoms with Gasteiger partial charge < -0.3 is 10.1 Å². The van der Waals surface area contributed by atoms with E-state index in [0.717, 1.165) is 6.07 Å². The van der Waals surface area contributed by atoms with Crippen molar-refractivity contribution in [3.05, 3.63) is 27.7 Å². The number of nitrogens with one attached hydrogen (secondary N) is 1. The molecule has 3 N–H and O–H groups in total. The van der Waals surface area contributed by atoms with Crippen LogP contribution >= 0.6 is 23.2 Å². The van der Waals surface area contributed by atoms with Gasteiger partial charge in [0.15, 0.2) is 0 Å². The molecule has 19 heavy (non-hydrogen) atoms. The zero-order valence-electron chi connectivity index (χ0n) is 9.94. The van der Waals surface area contributed by atoms with Crippen molar-refractivity contribution in [3.63, 3.8) is 0 Å². The van der Waals surface area contributed by atoms with Crippen molar-refractivity contribution in [2.45, 2.75) is 4.90 Å². The Morgan fingerprint density at radius 3 is 2.58 bits per heavy atom. The molecule has 0 saturated carbocycles. The SMILES string of the molecule is COCCNC(=O)c1cc(Cl)c(Cl)c(S(N)(=O)=O)c1. The molecule has 1 aromatic rings. The largest absolute Gasteiger partial charge is 0.383 e. The van der Waals surface area contributed by atoms with E-state index < -0.39 is 20.8 Å². The summed E-state index contributed by atoms with van der Waals surface area (Å²) in [5.41, 5.74) is 0.0505. The fraction of sp³-hybridized carbons (Fsp3) is 0.300. The Morgan fingerprint density at radius 1 is 1.42 bits per heavy atom. The van der Waals surface area contributed by atoms with E-state index in [0.29, 0.717) is 6.61 Å². The predicted octanol–water partition coefficient (Wildman–Crippen LogP) is 1.02. The van der Waals surface area contributed by atoms with Crippen molar-refractivity contribution in [2.24, 2.45) is 5.14 Å². The Kier molecular flexibility index (Phi) is 5.57. The van der Waals surface area contributed by atoms with Gasteiger partial charge in [-0.05, 0) is 12.1 Å². The second-order valence-corrected chi connectivity index (χ2v) is 5.88. The van der Waals surface area contributed by atoms with Crippen LogP contribution in [0.4, 0.5) is 0 Å². The van der Waals surface area contributed by atoms with Crippen LogP contribution in [0.3, 0.4) is 0 Å². The van der Waals surface area contributed by atoms with Crippen molar-refractivity contribution in [1.82, 2.24) is 5.32 Å². The molecule has 0 fully saturated rings. The van der Waals surface area contributed by atoms with Gasteiger partial charge in [0.1, 0.15) is 4.90 Å². The smallest absolute Gasteiger partial charge is 0.251 e. The molecule has 0 radical (unpaired) electrons. The summed E-state index contributed by atoms with van der Waals surface area (Å²) in [4.78, 5) is 11.4. The molecule has 0 aliphatic heterocycles. The van der Waals surface area contributed by atoms with Crippen LogP contribution < -0.4 is 10.5 Å². The highest BCUT2D eigenvalue weighted by Crippen LogP contribution is 2.30. The Hall–Kier alpha value is -0.860. The summed E-state index contributed by atoms with van der Waals surface area (Å²) in [6, 6.07) is 2.34. The third-order valence-corrected chi connectivity index (χ3v) is 4.00. The lowest BCUT2D eigenvalue weighted by atomic mass is 10.2. The standard InChI is InChI=1S/C10H12Cl2N2O4S/c1-18-3-2-14-10(15)6-4-7(11)9(12)8(5-6)19(13,16)17/h4-5H,2-3H2,1H3,(H,14,15)(H2,13,16,17). The van der Waals surface area contributed by atoms with Gasteiger partial charge in [-0.2, -0.15) is 0 Å². The lowest BCUT2D eigenvalue weighted by Gasteiger charge is -2.08. The maximum Gasteiger partial charge on any atom is 0.251 e. The summed E-state index contributed by atoms with van der Waals surface area (Å²) < 4.78 is 27.4. The highest BCUT2D eigenvalue weighted by atomic mass is 35.5. The molecule has 1 amide bonds. The Balaban J connectivity index is 3.11. The van der Waals surface area contributed by atoms with E-state index in [4.69, 9.17) is 33.1 Å². The third-order valence-electron chi connectivity index (χ3n) is 2.16. The quantitative estimate of drug-likeness (QED) is 0.789. The molecule has 106 valence electrons. The Morgan fingerprint density at radius 2 is 2.05 bits per heavy atom. The topological polar surface area (TPSA) is 98.5 Å². The molecule has 6 nitrogen and oxygen atoms in total. The molecular weight excluding hydrogens is 315 g/mol. The number of halogens is 2. The molecule has 1 rings (SSSR count). The molecule has 0 unspecified atom stereocenters. The molecule has 0 atom stereocenters. The molecule has 9 heteroatoms. The number of primary sulfonamides is 1. The summed E-state index contributed by atoms with van der Waals surface area (Å²) in [5, 5.41) is 7.24. The highest BCUT2D eigenvalue weighted by molar-refractivity contribution is 7.89. The minimum atomic E-state index is -4.06.